The average Bonchev–Trinajstić information content (AvgIpc) is 2.53. The number of methoxy groups -OCH3 is 1. The summed E-state index contributed by atoms with van der Waals surface area (Å²) in [7, 11) is 1.68. The smallest absolute Gasteiger partial charge is 0.137 e. The van der Waals surface area contributed by atoms with Crippen molar-refractivity contribution >= 4 is 0 Å². The average molecular weight is 277 g/mol. The molecule has 0 saturated carbocycles. The predicted octanol–water partition coefficient (Wildman–Crippen LogP) is 2.61. The molecule has 112 valence electrons. The summed E-state index contributed by atoms with van der Waals surface area (Å²) in [5, 5.41) is 3.64. The van der Waals surface area contributed by atoms with E-state index in [1.54, 1.807) is 7.11 Å². The van der Waals surface area contributed by atoms with E-state index in [9.17, 15) is 0 Å². The van der Waals surface area contributed by atoms with Crippen molar-refractivity contribution in [2.45, 2.75) is 51.7 Å². The van der Waals surface area contributed by atoms with Crippen LogP contribution in [0.3, 0.4) is 0 Å². The Morgan fingerprint density at radius 2 is 2.20 bits per heavy atom. The molecule has 1 aromatic heterocycles. The summed E-state index contributed by atoms with van der Waals surface area (Å²) < 4.78 is 5.19. The fraction of sp³-hybridized carbons (Fsp3) is 0.688. The topological polar surface area (TPSA) is 37.4 Å². The zero-order valence-electron chi connectivity index (χ0n) is 13.1. The fourth-order valence-corrected chi connectivity index (χ4v) is 2.94. The molecule has 2 rings (SSSR count). The molecule has 0 amide bonds. The molecule has 0 aliphatic carbocycles. The molecule has 1 aliphatic heterocycles. The minimum atomic E-state index is 0.349. The Bertz CT molecular complexity index is 407. The van der Waals surface area contributed by atoms with Crippen LogP contribution in [0, 0.1) is 0 Å². The maximum absolute atomic E-state index is 5.19. The van der Waals surface area contributed by atoms with Gasteiger partial charge >= 0.3 is 0 Å². The molecule has 1 unspecified atom stereocenters. The first-order chi connectivity index (χ1) is 9.69. The van der Waals surface area contributed by atoms with Crippen LogP contribution in [0.25, 0.3) is 0 Å². The summed E-state index contributed by atoms with van der Waals surface area (Å²) in [6.07, 6.45) is 4.16. The summed E-state index contributed by atoms with van der Waals surface area (Å²) in [5.74, 6) is 0.819. The van der Waals surface area contributed by atoms with E-state index in [0.717, 1.165) is 24.5 Å². The summed E-state index contributed by atoms with van der Waals surface area (Å²) in [5.41, 5.74) is 1.13. The monoisotopic (exact) mass is 277 g/mol. The molecule has 1 aromatic rings. The van der Waals surface area contributed by atoms with Gasteiger partial charge in [0.2, 0.25) is 0 Å². The van der Waals surface area contributed by atoms with Crippen LogP contribution in [0.1, 0.15) is 45.3 Å². The highest BCUT2D eigenvalue weighted by atomic mass is 16.5. The lowest BCUT2D eigenvalue weighted by Gasteiger charge is -2.43. The Labute approximate surface area is 122 Å². The summed E-state index contributed by atoms with van der Waals surface area (Å²) in [4.78, 5) is 7.15. The van der Waals surface area contributed by atoms with Gasteiger partial charge in [0.1, 0.15) is 5.75 Å². The summed E-state index contributed by atoms with van der Waals surface area (Å²) >= 11 is 0. The van der Waals surface area contributed by atoms with Gasteiger partial charge in [-0.25, -0.2) is 0 Å². The van der Waals surface area contributed by atoms with Crippen molar-refractivity contribution in [2.75, 3.05) is 20.2 Å². The molecular formula is C16H27N3O. The van der Waals surface area contributed by atoms with Crippen LogP contribution in [0.4, 0.5) is 0 Å². The molecule has 0 spiro atoms. The second-order valence-corrected chi connectivity index (χ2v) is 5.57. The van der Waals surface area contributed by atoms with Gasteiger partial charge in [-0.15, -0.1) is 0 Å². The van der Waals surface area contributed by atoms with Crippen LogP contribution in [0.15, 0.2) is 18.3 Å². The number of pyridine rings is 1. The van der Waals surface area contributed by atoms with Crippen molar-refractivity contribution in [2.24, 2.45) is 0 Å². The number of ether oxygens (including phenoxy) is 1. The van der Waals surface area contributed by atoms with Crippen LogP contribution < -0.4 is 10.1 Å². The van der Waals surface area contributed by atoms with Crippen LogP contribution in [0.2, 0.25) is 0 Å². The van der Waals surface area contributed by atoms with E-state index in [1.165, 1.54) is 12.8 Å². The molecule has 2 heterocycles. The summed E-state index contributed by atoms with van der Waals surface area (Å²) in [6, 6.07) is 5.62. The van der Waals surface area contributed by atoms with Gasteiger partial charge in [-0.1, -0.05) is 13.8 Å². The minimum Gasteiger partial charge on any atom is -0.495 e. The lowest BCUT2D eigenvalue weighted by atomic mass is 10.0. The molecule has 0 bridgehead atoms. The van der Waals surface area contributed by atoms with E-state index >= 15 is 0 Å². The van der Waals surface area contributed by atoms with Crippen molar-refractivity contribution in [3.05, 3.63) is 24.0 Å². The van der Waals surface area contributed by atoms with Gasteiger partial charge in [0.05, 0.1) is 19.0 Å². The lowest BCUT2D eigenvalue weighted by molar-refractivity contribution is 0.0831. The molecule has 1 N–H and O–H groups in total. The third-order valence-electron chi connectivity index (χ3n) is 4.43. The molecule has 0 radical (unpaired) electrons. The molecular weight excluding hydrogens is 250 g/mol. The molecule has 20 heavy (non-hydrogen) atoms. The third kappa shape index (κ3) is 3.30. The van der Waals surface area contributed by atoms with Gasteiger partial charge in [0.25, 0.3) is 0 Å². The molecule has 1 aliphatic rings. The van der Waals surface area contributed by atoms with E-state index in [0.29, 0.717) is 18.1 Å². The van der Waals surface area contributed by atoms with Crippen molar-refractivity contribution in [1.82, 2.24) is 15.2 Å². The molecule has 1 fully saturated rings. The molecule has 1 saturated heterocycles. The molecule has 0 aromatic carbocycles. The molecule has 4 nitrogen and oxygen atoms in total. The van der Waals surface area contributed by atoms with E-state index in [-0.39, 0.29) is 0 Å². The SMILES string of the molecule is CC[C@H]1CN(C(C)c2ccc(OC)cn2)[C@H](CC)CN1. The Morgan fingerprint density at radius 1 is 1.40 bits per heavy atom. The van der Waals surface area contributed by atoms with E-state index in [1.807, 2.05) is 12.3 Å². The largest absolute Gasteiger partial charge is 0.495 e. The van der Waals surface area contributed by atoms with Crippen molar-refractivity contribution in [3.63, 3.8) is 0 Å². The van der Waals surface area contributed by atoms with Crippen molar-refractivity contribution < 1.29 is 4.74 Å². The number of rotatable bonds is 5. The maximum atomic E-state index is 5.19. The van der Waals surface area contributed by atoms with E-state index in [2.05, 4.69) is 42.0 Å². The normalized spacial score (nSPS) is 25.4. The van der Waals surface area contributed by atoms with Gasteiger partial charge < -0.3 is 10.1 Å². The highest BCUT2D eigenvalue weighted by Gasteiger charge is 2.30. The standard InChI is InChI=1S/C16H27N3O/c1-5-13-11-19(14(6-2)9-17-13)12(3)16-8-7-15(20-4)10-18-16/h7-8,10,12-14,17H,5-6,9,11H2,1-4H3/t12?,13-,14+/m0/s1. The lowest BCUT2D eigenvalue weighted by Crippen LogP contribution is -2.56. The Balaban J connectivity index is 2.12. The van der Waals surface area contributed by atoms with Gasteiger partial charge in [-0.05, 0) is 31.9 Å². The van der Waals surface area contributed by atoms with Gasteiger partial charge in [0, 0.05) is 31.2 Å². The van der Waals surface area contributed by atoms with Crippen molar-refractivity contribution in [1.29, 1.82) is 0 Å². The predicted molar refractivity (Wildman–Crippen MR) is 82.1 cm³/mol. The number of nitrogens with zero attached hydrogens (tertiary/aromatic N) is 2. The molecule has 4 heteroatoms. The minimum absolute atomic E-state index is 0.349. The first kappa shape index (κ1) is 15.3. The number of piperazine rings is 1. The first-order valence-corrected chi connectivity index (χ1v) is 7.68. The van der Waals surface area contributed by atoms with Gasteiger partial charge in [0.15, 0.2) is 0 Å². The zero-order valence-corrected chi connectivity index (χ0v) is 13.1. The van der Waals surface area contributed by atoms with Gasteiger partial charge in [-0.2, -0.15) is 0 Å². The van der Waals surface area contributed by atoms with Crippen LogP contribution >= 0.6 is 0 Å². The third-order valence-corrected chi connectivity index (χ3v) is 4.43. The first-order valence-electron chi connectivity index (χ1n) is 7.68. The Morgan fingerprint density at radius 3 is 2.75 bits per heavy atom. The van der Waals surface area contributed by atoms with Crippen LogP contribution in [0.5, 0.6) is 5.75 Å². The maximum Gasteiger partial charge on any atom is 0.137 e. The second-order valence-electron chi connectivity index (χ2n) is 5.57. The fourth-order valence-electron chi connectivity index (χ4n) is 2.94. The second kappa shape index (κ2) is 7.04. The van der Waals surface area contributed by atoms with Gasteiger partial charge in [-0.3, -0.25) is 9.88 Å². The quantitative estimate of drug-likeness (QED) is 0.898. The Hall–Kier alpha value is -1.13. The highest BCUT2D eigenvalue weighted by Crippen LogP contribution is 2.26. The zero-order chi connectivity index (χ0) is 14.5. The van der Waals surface area contributed by atoms with E-state index < -0.39 is 0 Å². The number of hydrogen-bond acceptors (Lipinski definition) is 4. The summed E-state index contributed by atoms with van der Waals surface area (Å²) in [6.45, 7) is 8.95. The highest BCUT2D eigenvalue weighted by molar-refractivity contribution is 5.21. The number of aromatic nitrogens is 1. The number of nitrogens with one attached hydrogen (secondary N) is 1. The van der Waals surface area contributed by atoms with E-state index in [4.69, 9.17) is 4.74 Å². The molecule has 3 atom stereocenters. The number of hydrogen-bond donors (Lipinski definition) is 1. The van der Waals surface area contributed by atoms with Crippen LogP contribution in [-0.4, -0.2) is 42.2 Å². The van der Waals surface area contributed by atoms with Crippen molar-refractivity contribution in [3.8, 4) is 5.75 Å². The Kier molecular flexibility index (Phi) is 5.38. The van der Waals surface area contributed by atoms with Crippen LogP contribution in [-0.2, 0) is 0 Å².